The summed E-state index contributed by atoms with van der Waals surface area (Å²) < 4.78 is 27.7. The minimum atomic E-state index is -3.20. The van der Waals surface area contributed by atoms with Crippen LogP contribution in [0.25, 0.3) is 0 Å². The maximum Gasteiger partial charge on any atom is 0.212 e. The van der Waals surface area contributed by atoms with Crippen molar-refractivity contribution in [2.45, 2.75) is 50.6 Å². The average Bonchev–Trinajstić information content (AvgIpc) is 2.91. The van der Waals surface area contributed by atoms with Gasteiger partial charge in [0, 0.05) is 17.0 Å². The van der Waals surface area contributed by atoms with Crippen LogP contribution in [-0.2, 0) is 16.4 Å². The summed E-state index contributed by atoms with van der Waals surface area (Å²) in [5.41, 5.74) is 6.10. The molecule has 0 saturated heterocycles. The van der Waals surface area contributed by atoms with Gasteiger partial charge >= 0.3 is 0 Å². The molecule has 0 aliphatic heterocycles. The third kappa shape index (κ3) is 4.45. The summed E-state index contributed by atoms with van der Waals surface area (Å²) in [5, 5.41) is 1.99. The lowest BCUT2D eigenvalue weighted by Gasteiger charge is -2.45. The summed E-state index contributed by atoms with van der Waals surface area (Å²) in [7, 11) is -3.20. The summed E-state index contributed by atoms with van der Waals surface area (Å²) in [6.07, 6.45) is 5.98. The van der Waals surface area contributed by atoms with Crippen LogP contribution in [-0.4, -0.2) is 26.3 Å². The van der Waals surface area contributed by atoms with Crippen LogP contribution in [0, 0.1) is 11.8 Å². The van der Waals surface area contributed by atoms with Gasteiger partial charge in [-0.15, -0.1) is 23.7 Å². The van der Waals surface area contributed by atoms with Crippen molar-refractivity contribution in [3.8, 4) is 0 Å². The predicted molar refractivity (Wildman–Crippen MR) is 94.0 cm³/mol. The van der Waals surface area contributed by atoms with Crippen LogP contribution in [0.15, 0.2) is 17.5 Å². The summed E-state index contributed by atoms with van der Waals surface area (Å²) in [5.74, 6) is 1.06. The molecule has 7 heteroatoms. The van der Waals surface area contributed by atoms with Gasteiger partial charge in [0.05, 0.1) is 5.75 Å². The van der Waals surface area contributed by atoms with Gasteiger partial charge in [-0.05, 0) is 55.4 Å². The SMILES string of the molecule is Cl.NC1CC2CCCC(C1)C2NS(=O)(=O)CCc1cccs1. The molecule has 3 N–H and O–H groups in total. The second kappa shape index (κ2) is 7.62. The third-order valence-corrected chi connectivity index (χ3v) is 7.20. The Kier molecular flexibility index (Phi) is 6.30. The van der Waals surface area contributed by atoms with E-state index in [4.69, 9.17) is 5.73 Å². The lowest BCUT2D eigenvalue weighted by molar-refractivity contribution is 0.125. The molecule has 126 valence electrons. The number of rotatable bonds is 5. The minimum absolute atomic E-state index is 0. The van der Waals surface area contributed by atoms with E-state index in [-0.39, 0.29) is 30.2 Å². The first-order valence-electron chi connectivity index (χ1n) is 7.81. The van der Waals surface area contributed by atoms with Gasteiger partial charge in [-0.25, -0.2) is 13.1 Å². The fraction of sp³-hybridized carbons (Fsp3) is 0.733. The second-order valence-corrected chi connectivity index (χ2v) is 9.38. The zero-order valence-electron chi connectivity index (χ0n) is 12.6. The van der Waals surface area contributed by atoms with Gasteiger partial charge in [-0.1, -0.05) is 12.5 Å². The molecule has 1 aromatic rings. The Labute approximate surface area is 143 Å². The minimum Gasteiger partial charge on any atom is -0.328 e. The first kappa shape index (κ1) is 18.2. The molecule has 0 amide bonds. The summed E-state index contributed by atoms with van der Waals surface area (Å²) in [6, 6.07) is 4.33. The number of hydrogen-bond donors (Lipinski definition) is 2. The Hall–Kier alpha value is -0.140. The molecule has 2 unspecified atom stereocenters. The van der Waals surface area contributed by atoms with Crippen LogP contribution in [0.5, 0.6) is 0 Å². The standard InChI is InChI=1S/C15H24N2O2S2.ClH/c16-13-9-11-3-1-4-12(10-13)15(11)17-21(18,19)8-6-14-5-2-7-20-14;/h2,5,7,11-13,15,17H,1,3-4,6,8-10,16H2;1H. The first-order chi connectivity index (χ1) is 10.0. The van der Waals surface area contributed by atoms with Crippen molar-refractivity contribution in [3.05, 3.63) is 22.4 Å². The van der Waals surface area contributed by atoms with E-state index in [1.807, 2.05) is 17.5 Å². The molecular formula is C15H25ClN2O2S2. The van der Waals surface area contributed by atoms with Crippen molar-refractivity contribution in [2.75, 3.05) is 5.75 Å². The van der Waals surface area contributed by atoms with Gasteiger partial charge in [0.15, 0.2) is 0 Å². The zero-order chi connectivity index (χ0) is 14.9. The van der Waals surface area contributed by atoms with Crippen molar-refractivity contribution < 1.29 is 8.42 Å². The average molecular weight is 365 g/mol. The third-order valence-electron chi connectivity index (χ3n) is 4.89. The number of nitrogens with one attached hydrogen (secondary N) is 1. The number of hydrogen-bond acceptors (Lipinski definition) is 4. The van der Waals surface area contributed by atoms with Crippen LogP contribution in [0.1, 0.15) is 37.0 Å². The monoisotopic (exact) mass is 364 g/mol. The van der Waals surface area contributed by atoms with Crippen LogP contribution in [0.3, 0.4) is 0 Å². The molecular weight excluding hydrogens is 340 g/mol. The molecule has 2 saturated carbocycles. The highest BCUT2D eigenvalue weighted by Gasteiger charge is 2.40. The van der Waals surface area contributed by atoms with E-state index < -0.39 is 10.0 Å². The lowest BCUT2D eigenvalue weighted by atomic mass is 9.67. The van der Waals surface area contributed by atoms with Gasteiger partial charge < -0.3 is 5.73 Å². The van der Waals surface area contributed by atoms with Crippen molar-refractivity contribution >= 4 is 33.8 Å². The Bertz CT molecular complexity index is 548. The van der Waals surface area contributed by atoms with Crippen LogP contribution in [0.2, 0.25) is 0 Å². The van der Waals surface area contributed by atoms with Crippen molar-refractivity contribution in [1.29, 1.82) is 0 Å². The van der Waals surface area contributed by atoms with E-state index in [0.29, 0.717) is 18.3 Å². The molecule has 2 fully saturated rings. The van der Waals surface area contributed by atoms with Crippen molar-refractivity contribution in [2.24, 2.45) is 17.6 Å². The van der Waals surface area contributed by atoms with E-state index in [1.165, 1.54) is 6.42 Å². The normalized spacial score (nSPS) is 31.5. The second-order valence-electron chi connectivity index (χ2n) is 6.47. The van der Waals surface area contributed by atoms with E-state index in [0.717, 1.165) is 30.6 Å². The van der Waals surface area contributed by atoms with Gasteiger partial charge in [-0.3, -0.25) is 0 Å². The van der Waals surface area contributed by atoms with Gasteiger partial charge in [-0.2, -0.15) is 0 Å². The fourth-order valence-electron chi connectivity index (χ4n) is 3.94. The van der Waals surface area contributed by atoms with Crippen LogP contribution >= 0.6 is 23.7 Å². The fourth-order valence-corrected chi connectivity index (χ4v) is 6.18. The number of sulfonamides is 1. The first-order valence-corrected chi connectivity index (χ1v) is 10.3. The number of nitrogens with two attached hydrogens (primary N) is 1. The van der Waals surface area contributed by atoms with E-state index in [9.17, 15) is 8.42 Å². The summed E-state index contributed by atoms with van der Waals surface area (Å²) >= 11 is 1.62. The molecule has 22 heavy (non-hydrogen) atoms. The molecule has 0 aromatic carbocycles. The van der Waals surface area contributed by atoms with Crippen LogP contribution < -0.4 is 10.5 Å². The van der Waals surface area contributed by atoms with E-state index in [1.54, 1.807) is 11.3 Å². The van der Waals surface area contributed by atoms with E-state index in [2.05, 4.69) is 4.72 Å². The molecule has 2 atom stereocenters. The van der Waals surface area contributed by atoms with Crippen LogP contribution in [0.4, 0.5) is 0 Å². The highest BCUT2D eigenvalue weighted by Crippen LogP contribution is 2.39. The predicted octanol–water partition coefficient (Wildman–Crippen LogP) is 2.54. The lowest BCUT2D eigenvalue weighted by Crippen LogP contribution is -2.54. The van der Waals surface area contributed by atoms with Gasteiger partial charge in [0.25, 0.3) is 0 Å². The Balaban J connectivity index is 0.00000176. The topological polar surface area (TPSA) is 72.2 Å². The van der Waals surface area contributed by atoms with Gasteiger partial charge in [0.2, 0.25) is 10.0 Å². The Morgan fingerprint density at radius 1 is 1.27 bits per heavy atom. The molecule has 2 aliphatic carbocycles. The van der Waals surface area contributed by atoms with Gasteiger partial charge in [0.1, 0.15) is 0 Å². The maximum atomic E-state index is 12.4. The van der Waals surface area contributed by atoms with Crippen molar-refractivity contribution in [3.63, 3.8) is 0 Å². The zero-order valence-corrected chi connectivity index (χ0v) is 15.1. The molecule has 3 rings (SSSR count). The molecule has 4 nitrogen and oxygen atoms in total. The van der Waals surface area contributed by atoms with E-state index >= 15 is 0 Å². The summed E-state index contributed by atoms with van der Waals surface area (Å²) in [4.78, 5) is 1.13. The highest BCUT2D eigenvalue weighted by molar-refractivity contribution is 7.89. The molecule has 1 heterocycles. The maximum absolute atomic E-state index is 12.4. The Morgan fingerprint density at radius 2 is 1.95 bits per heavy atom. The number of aryl methyl sites for hydroxylation is 1. The number of fused-ring (bicyclic) bond motifs is 2. The molecule has 0 spiro atoms. The van der Waals surface area contributed by atoms with Crippen molar-refractivity contribution in [1.82, 2.24) is 4.72 Å². The largest absolute Gasteiger partial charge is 0.328 e. The number of thiophene rings is 1. The Morgan fingerprint density at radius 3 is 2.55 bits per heavy atom. The molecule has 1 aromatic heterocycles. The highest BCUT2D eigenvalue weighted by atomic mass is 35.5. The quantitative estimate of drug-likeness (QED) is 0.843. The number of halogens is 1. The molecule has 2 bridgehead atoms. The molecule has 2 aliphatic rings. The smallest absolute Gasteiger partial charge is 0.212 e. The summed E-state index contributed by atoms with van der Waals surface area (Å²) in [6.45, 7) is 0. The molecule has 0 radical (unpaired) electrons.